The Balaban J connectivity index is 1.40. The molecule has 0 aliphatic carbocycles. The standard InChI is InChI=1S/C20H19N3O2S/c1-13-5-3-4-6-16(13)20-22-11-15(26-20)10-21-12-19-23-17-9-14(24-2)7-8-18(17)25-19/h3-9,11,21H,10,12H2,1-2H3. The van der Waals surface area contributed by atoms with E-state index in [9.17, 15) is 0 Å². The van der Waals surface area contributed by atoms with Gasteiger partial charge in [0.25, 0.3) is 0 Å². The highest BCUT2D eigenvalue weighted by molar-refractivity contribution is 7.15. The molecule has 5 nitrogen and oxygen atoms in total. The van der Waals surface area contributed by atoms with Gasteiger partial charge in [0, 0.05) is 29.2 Å². The van der Waals surface area contributed by atoms with Crippen molar-refractivity contribution in [2.24, 2.45) is 0 Å². The topological polar surface area (TPSA) is 60.2 Å². The number of benzene rings is 2. The molecule has 0 saturated heterocycles. The SMILES string of the molecule is COc1ccc2oc(CNCc3cnc(-c4ccccc4C)s3)nc2c1. The summed E-state index contributed by atoms with van der Waals surface area (Å²) in [6, 6.07) is 13.9. The second kappa shape index (κ2) is 7.27. The largest absolute Gasteiger partial charge is 0.497 e. The van der Waals surface area contributed by atoms with Gasteiger partial charge in [-0.15, -0.1) is 11.3 Å². The van der Waals surface area contributed by atoms with Gasteiger partial charge in [-0.3, -0.25) is 0 Å². The molecule has 0 radical (unpaired) electrons. The molecule has 6 heteroatoms. The van der Waals surface area contributed by atoms with Gasteiger partial charge in [0.15, 0.2) is 5.58 Å². The predicted octanol–water partition coefficient (Wildman–Crippen LogP) is 4.56. The van der Waals surface area contributed by atoms with E-state index in [2.05, 4.69) is 34.3 Å². The van der Waals surface area contributed by atoms with Crippen molar-refractivity contribution in [1.82, 2.24) is 15.3 Å². The summed E-state index contributed by atoms with van der Waals surface area (Å²) in [6.07, 6.45) is 1.93. The third-order valence-corrected chi connectivity index (χ3v) is 5.17. The van der Waals surface area contributed by atoms with E-state index in [1.807, 2.05) is 36.5 Å². The van der Waals surface area contributed by atoms with E-state index in [4.69, 9.17) is 9.15 Å². The smallest absolute Gasteiger partial charge is 0.209 e. The van der Waals surface area contributed by atoms with Crippen molar-refractivity contribution in [3.05, 3.63) is 65.0 Å². The summed E-state index contributed by atoms with van der Waals surface area (Å²) >= 11 is 1.70. The average Bonchev–Trinajstić information content (AvgIpc) is 3.28. The quantitative estimate of drug-likeness (QED) is 0.543. The lowest BCUT2D eigenvalue weighted by atomic mass is 10.1. The minimum Gasteiger partial charge on any atom is -0.497 e. The first kappa shape index (κ1) is 16.8. The normalized spacial score (nSPS) is 11.2. The van der Waals surface area contributed by atoms with E-state index in [1.54, 1.807) is 18.4 Å². The Hall–Kier alpha value is -2.70. The second-order valence-electron chi connectivity index (χ2n) is 5.99. The second-order valence-corrected chi connectivity index (χ2v) is 7.11. The number of aromatic nitrogens is 2. The van der Waals surface area contributed by atoms with Crippen LogP contribution in [0.4, 0.5) is 0 Å². The number of methoxy groups -OCH3 is 1. The number of ether oxygens (including phenoxy) is 1. The summed E-state index contributed by atoms with van der Waals surface area (Å²) in [5.41, 5.74) is 4.00. The molecule has 0 unspecified atom stereocenters. The maximum atomic E-state index is 5.75. The molecule has 4 aromatic rings. The molecule has 0 aliphatic rings. The molecule has 0 amide bonds. The summed E-state index contributed by atoms with van der Waals surface area (Å²) in [4.78, 5) is 10.2. The van der Waals surface area contributed by atoms with Crippen LogP contribution in [0.2, 0.25) is 0 Å². The molecule has 0 fully saturated rings. The van der Waals surface area contributed by atoms with E-state index in [-0.39, 0.29) is 0 Å². The number of fused-ring (bicyclic) bond motifs is 1. The van der Waals surface area contributed by atoms with E-state index in [0.717, 1.165) is 28.4 Å². The van der Waals surface area contributed by atoms with Crippen molar-refractivity contribution in [3.8, 4) is 16.3 Å². The van der Waals surface area contributed by atoms with Crippen LogP contribution in [0.25, 0.3) is 21.7 Å². The van der Waals surface area contributed by atoms with E-state index in [0.29, 0.717) is 12.4 Å². The number of rotatable bonds is 6. The zero-order valence-electron chi connectivity index (χ0n) is 14.7. The fourth-order valence-corrected chi connectivity index (χ4v) is 3.75. The van der Waals surface area contributed by atoms with Crippen LogP contribution < -0.4 is 10.1 Å². The Labute approximate surface area is 155 Å². The number of aryl methyl sites for hydroxylation is 1. The minimum atomic E-state index is 0.564. The summed E-state index contributed by atoms with van der Waals surface area (Å²) in [5, 5.41) is 4.42. The molecular formula is C20H19N3O2S. The maximum Gasteiger partial charge on any atom is 0.209 e. The van der Waals surface area contributed by atoms with E-state index in [1.165, 1.54) is 16.0 Å². The fraction of sp³-hybridized carbons (Fsp3) is 0.200. The molecule has 2 aromatic carbocycles. The van der Waals surface area contributed by atoms with Crippen LogP contribution in [0.3, 0.4) is 0 Å². The Morgan fingerprint density at radius 1 is 1.15 bits per heavy atom. The van der Waals surface area contributed by atoms with Crippen molar-refractivity contribution >= 4 is 22.4 Å². The first-order chi connectivity index (χ1) is 12.7. The zero-order valence-corrected chi connectivity index (χ0v) is 15.5. The number of nitrogens with one attached hydrogen (secondary N) is 1. The molecule has 4 rings (SSSR count). The molecule has 2 aromatic heterocycles. The maximum absolute atomic E-state index is 5.75. The molecule has 0 bridgehead atoms. The van der Waals surface area contributed by atoms with Gasteiger partial charge in [0.05, 0.1) is 13.7 Å². The van der Waals surface area contributed by atoms with E-state index >= 15 is 0 Å². The van der Waals surface area contributed by atoms with Gasteiger partial charge in [-0.1, -0.05) is 24.3 Å². The third-order valence-electron chi connectivity index (χ3n) is 4.14. The number of hydrogen-bond acceptors (Lipinski definition) is 6. The van der Waals surface area contributed by atoms with Crippen molar-refractivity contribution < 1.29 is 9.15 Å². The van der Waals surface area contributed by atoms with Gasteiger partial charge in [-0.25, -0.2) is 9.97 Å². The Bertz CT molecular complexity index is 1040. The minimum absolute atomic E-state index is 0.564. The van der Waals surface area contributed by atoms with Crippen LogP contribution in [0.15, 0.2) is 53.1 Å². The van der Waals surface area contributed by atoms with Crippen molar-refractivity contribution in [3.63, 3.8) is 0 Å². The van der Waals surface area contributed by atoms with E-state index < -0.39 is 0 Å². The zero-order chi connectivity index (χ0) is 17.9. The molecule has 132 valence electrons. The van der Waals surface area contributed by atoms with Gasteiger partial charge in [0.1, 0.15) is 16.3 Å². The van der Waals surface area contributed by atoms with Gasteiger partial charge >= 0.3 is 0 Å². The van der Waals surface area contributed by atoms with Gasteiger partial charge in [-0.2, -0.15) is 0 Å². The molecule has 1 N–H and O–H groups in total. The van der Waals surface area contributed by atoms with Crippen molar-refractivity contribution in [2.75, 3.05) is 7.11 Å². The molecule has 0 atom stereocenters. The van der Waals surface area contributed by atoms with Crippen LogP contribution in [0, 0.1) is 6.92 Å². The monoisotopic (exact) mass is 365 g/mol. The van der Waals surface area contributed by atoms with Crippen LogP contribution in [-0.4, -0.2) is 17.1 Å². The van der Waals surface area contributed by atoms with Crippen molar-refractivity contribution in [1.29, 1.82) is 0 Å². The van der Waals surface area contributed by atoms with Gasteiger partial charge in [-0.05, 0) is 24.6 Å². The fourth-order valence-electron chi connectivity index (χ4n) is 2.78. The molecule has 0 aliphatic heterocycles. The lowest BCUT2D eigenvalue weighted by Crippen LogP contribution is -2.11. The van der Waals surface area contributed by atoms with Crippen molar-refractivity contribution in [2.45, 2.75) is 20.0 Å². The third kappa shape index (κ3) is 3.47. The summed E-state index contributed by atoms with van der Waals surface area (Å²) < 4.78 is 11.0. The Kier molecular flexibility index (Phi) is 4.69. The van der Waals surface area contributed by atoms with Gasteiger partial charge < -0.3 is 14.5 Å². The molecule has 0 spiro atoms. The van der Waals surface area contributed by atoms with Gasteiger partial charge in [0.2, 0.25) is 5.89 Å². The highest BCUT2D eigenvalue weighted by atomic mass is 32.1. The number of thiazole rings is 1. The average molecular weight is 365 g/mol. The number of hydrogen-bond donors (Lipinski definition) is 1. The highest BCUT2D eigenvalue weighted by Crippen LogP contribution is 2.27. The summed E-state index contributed by atoms with van der Waals surface area (Å²) in [6.45, 7) is 3.40. The lowest BCUT2D eigenvalue weighted by molar-refractivity contribution is 0.415. The van der Waals surface area contributed by atoms with Crippen LogP contribution in [0.1, 0.15) is 16.3 Å². The molecule has 0 saturated carbocycles. The van der Waals surface area contributed by atoms with Crippen LogP contribution in [-0.2, 0) is 13.1 Å². The van der Waals surface area contributed by atoms with Crippen LogP contribution in [0.5, 0.6) is 5.75 Å². The Morgan fingerprint density at radius 3 is 2.88 bits per heavy atom. The summed E-state index contributed by atoms with van der Waals surface area (Å²) in [5.74, 6) is 1.44. The molecule has 2 heterocycles. The predicted molar refractivity (Wildman–Crippen MR) is 103 cm³/mol. The summed E-state index contributed by atoms with van der Waals surface area (Å²) in [7, 11) is 1.64. The number of oxazole rings is 1. The number of nitrogens with zero attached hydrogens (tertiary/aromatic N) is 2. The first-order valence-electron chi connectivity index (χ1n) is 8.38. The Morgan fingerprint density at radius 2 is 2.04 bits per heavy atom. The molecular weight excluding hydrogens is 346 g/mol. The van der Waals surface area contributed by atoms with Crippen LogP contribution >= 0.6 is 11.3 Å². The lowest BCUT2D eigenvalue weighted by Gasteiger charge is -2.00. The molecule has 26 heavy (non-hydrogen) atoms. The highest BCUT2D eigenvalue weighted by Gasteiger charge is 2.09. The first-order valence-corrected chi connectivity index (χ1v) is 9.19.